The van der Waals surface area contributed by atoms with Crippen molar-refractivity contribution < 1.29 is 4.74 Å². The second-order valence-corrected chi connectivity index (χ2v) is 6.26. The van der Waals surface area contributed by atoms with Gasteiger partial charge in [0.1, 0.15) is 18.8 Å². The first-order chi connectivity index (χ1) is 12.2. The third-order valence-corrected chi connectivity index (χ3v) is 4.28. The molecule has 0 bridgehead atoms. The highest BCUT2D eigenvalue weighted by Crippen LogP contribution is 2.26. The van der Waals surface area contributed by atoms with Gasteiger partial charge in [0.05, 0.1) is 18.8 Å². The molecule has 0 aromatic carbocycles. The van der Waals surface area contributed by atoms with Crippen molar-refractivity contribution in [1.82, 2.24) is 34.5 Å². The van der Waals surface area contributed by atoms with Gasteiger partial charge in [0, 0.05) is 25.9 Å². The predicted octanol–water partition coefficient (Wildman–Crippen LogP) is 1.29. The van der Waals surface area contributed by atoms with Crippen molar-refractivity contribution in [3.8, 4) is 5.82 Å². The molecule has 4 rings (SSSR count). The van der Waals surface area contributed by atoms with Gasteiger partial charge in [-0.3, -0.25) is 0 Å². The van der Waals surface area contributed by atoms with E-state index in [4.69, 9.17) is 4.74 Å². The first kappa shape index (κ1) is 15.7. The Morgan fingerprint density at radius 3 is 2.84 bits per heavy atom. The topological polar surface area (TPSA) is 86.8 Å². The van der Waals surface area contributed by atoms with E-state index in [1.165, 1.54) is 0 Å². The van der Waals surface area contributed by atoms with Crippen LogP contribution >= 0.6 is 0 Å². The molecule has 1 aliphatic rings. The normalized spacial score (nSPS) is 16.9. The number of ether oxygens (including phenoxy) is 1. The van der Waals surface area contributed by atoms with Crippen molar-refractivity contribution in [3.63, 3.8) is 0 Å². The van der Waals surface area contributed by atoms with E-state index in [1.54, 1.807) is 18.1 Å². The largest absolute Gasteiger partial charge is 0.377 e. The average molecular weight is 340 g/mol. The molecule has 3 aromatic heterocycles. The fourth-order valence-electron chi connectivity index (χ4n) is 3.19. The number of hydrogen-bond donors (Lipinski definition) is 0. The van der Waals surface area contributed by atoms with E-state index >= 15 is 0 Å². The van der Waals surface area contributed by atoms with Gasteiger partial charge in [0.25, 0.3) is 0 Å². The van der Waals surface area contributed by atoms with Crippen molar-refractivity contribution in [3.05, 3.63) is 42.0 Å². The molecule has 0 aliphatic carbocycles. The number of fused-ring (bicyclic) bond motifs is 1. The van der Waals surface area contributed by atoms with Crippen LogP contribution in [0.5, 0.6) is 0 Å². The Balaban J connectivity index is 1.63. The number of aromatic nitrogens is 7. The van der Waals surface area contributed by atoms with Gasteiger partial charge in [0.2, 0.25) is 0 Å². The van der Waals surface area contributed by atoms with Gasteiger partial charge in [-0.15, -0.1) is 10.2 Å². The van der Waals surface area contributed by atoms with Crippen LogP contribution in [0.4, 0.5) is 5.82 Å². The van der Waals surface area contributed by atoms with Crippen LogP contribution in [0.3, 0.4) is 0 Å². The van der Waals surface area contributed by atoms with Crippen molar-refractivity contribution in [2.45, 2.75) is 33.0 Å². The summed E-state index contributed by atoms with van der Waals surface area (Å²) in [5.41, 5.74) is 1.09. The number of methoxy groups -OCH3 is 1. The van der Waals surface area contributed by atoms with Crippen molar-refractivity contribution >= 4 is 5.82 Å². The molecule has 1 atom stereocenters. The number of rotatable bonds is 4. The van der Waals surface area contributed by atoms with Crippen LogP contribution in [0.2, 0.25) is 0 Å². The molecule has 0 saturated heterocycles. The molecule has 25 heavy (non-hydrogen) atoms. The van der Waals surface area contributed by atoms with Crippen molar-refractivity contribution in [1.29, 1.82) is 0 Å². The molecule has 0 unspecified atom stereocenters. The minimum absolute atomic E-state index is 0.231. The van der Waals surface area contributed by atoms with Crippen LogP contribution in [0.15, 0.2) is 24.8 Å². The molecule has 130 valence electrons. The molecular weight excluding hydrogens is 320 g/mol. The predicted molar refractivity (Wildman–Crippen MR) is 90.4 cm³/mol. The zero-order valence-electron chi connectivity index (χ0n) is 14.5. The Hall–Kier alpha value is -2.81. The van der Waals surface area contributed by atoms with Crippen LogP contribution < -0.4 is 4.90 Å². The molecule has 0 radical (unpaired) electrons. The Morgan fingerprint density at radius 1 is 1.24 bits per heavy atom. The summed E-state index contributed by atoms with van der Waals surface area (Å²) >= 11 is 0. The number of anilines is 1. The Bertz CT molecular complexity index is 886. The summed E-state index contributed by atoms with van der Waals surface area (Å²) < 4.78 is 9.12. The van der Waals surface area contributed by atoms with Gasteiger partial charge in [-0.25, -0.2) is 14.6 Å². The zero-order chi connectivity index (χ0) is 17.4. The lowest BCUT2D eigenvalue weighted by molar-refractivity contribution is 0.171. The summed E-state index contributed by atoms with van der Waals surface area (Å²) in [5.74, 6) is 3.38. The molecule has 0 spiro atoms. The molecule has 9 nitrogen and oxygen atoms in total. The first-order valence-corrected chi connectivity index (χ1v) is 8.16. The van der Waals surface area contributed by atoms with Gasteiger partial charge >= 0.3 is 0 Å². The van der Waals surface area contributed by atoms with Crippen molar-refractivity contribution in [2.24, 2.45) is 0 Å². The second kappa shape index (κ2) is 6.25. The van der Waals surface area contributed by atoms with Crippen LogP contribution in [0.25, 0.3) is 5.82 Å². The lowest BCUT2D eigenvalue weighted by atomic mass is 10.2. The van der Waals surface area contributed by atoms with Crippen molar-refractivity contribution in [2.75, 3.05) is 18.6 Å². The zero-order valence-corrected chi connectivity index (χ0v) is 14.5. The van der Waals surface area contributed by atoms with Crippen LogP contribution in [0.1, 0.15) is 30.2 Å². The maximum absolute atomic E-state index is 5.21. The summed E-state index contributed by atoms with van der Waals surface area (Å²) in [6.45, 7) is 6.08. The lowest BCUT2D eigenvalue weighted by Gasteiger charge is -2.33. The lowest BCUT2D eigenvalue weighted by Crippen LogP contribution is -2.37. The molecule has 0 saturated carbocycles. The summed E-state index contributed by atoms with van der Waals surface area (Å²) in [7, 11) is 1.67. The van der Waals surface area contributed by atoms with E-state index in [1.807, 2.05) is 25.4 Å². The highest BCUT2D eigenvalue weighted by atomic mass is 16.5. The van der Waals surface area contributed by atoms with E-state index in [0.29, 0.717) is 13.2 Å². The van der Waals surface area contributed by atoms with Crippen LogP contribution in [-0.2, 0) is 17.9 Å². The second-order valence-electron chi connectivity index (χ2n) is 6.26. The van der Waals surface area contributed by atoms with Crippen LogP contribution in [0, 0.1) is 6.92 Å². The maximum Gasteiger partial charge on any atom is 0.159 e. The minimum Gasteiger partial charge on any atom is -0.377 e. The summed E-state index contributed by atoms with van der Waals surface area (Å²) in [6.07, 6.45) is 5.32. The van der Waals surface area contributed by atoms with Gasteiger partial charge in [0.15, 0.2) is 17.5 Å². The SMILES string of the molecule is COCc1nnc2n1[C@@H](C)CN(c1cc(-n3cc(C)cn3)ncn1)C2. The monoisotopic (exact) mass is 340 g/mol. The summed E-state index contributed by atoms with van der Waals surface area (Å²) in [5, 5.41) is 12.9. The first-order valence-electron chi connectivity index (χ1n) is 8.16. The van der Waals surface area contributed by atoms with Gasteiger partial charge in [-0.05, 0) is 19.4 Å². The molecule has 9 heteroatoms. The molecule has 3 aromatic rings. The summed E-state index contributed by atoms with van der Waals surface area (Å²) in [6, 6.07) is 2.18. The molecule has 0 amide bonds. The third kappa shape index (κ3) is 2.86. The summed E-state index contributed by atoms with van der Waals surface area (Å²) in [4.78, 5) is 10.9. The molecule has 4 heterocycles. The maximum atomic E-state index is 5.21. The van der Waals surface area contributed by atoms with Gasteiger partial charge < -0.3 is 14.2 Å². The van der Waals surface area contributed by atoms with E-state index < -0.39 is 0 Å². The average Bonchev–Trinajstić information content (AvgIpc) is 3.22. The fraction of sp³-hybridized carbons (Fsp3) is 0.438. The Kier molecular flexibility index (Phi) is 3.92. The third-order valence-electron chi connectivity index (χ3n) is 4.28. The molecule has 0 N–H and O–H groups in total. The minimum atomic E-state index is 0.231. The van der Waals surface area contributed by atoms with E-state index in [-0.39, 0.29) is 6.04 Å². The Morgan fingerprint density at radius 2 is 2.08 bits per heavy atom. The van der Waals surface area contributed by atoms with E-state index in [2.05, 4.69) is 41.7 Å². The van der Waals surface area contributed by atoms with Gasteiger partial charge in [-0.1, -0.05) is 0 Å². The number of aryl methyl sites for hydroxylation is 1. The van der Waals surface area contributed by atoms with Crippen LogP contribution in [-0.4, -0.2) is 48.2 Å². The Labute approximate surface area is 145 Å². The van der Waals surface area contributed by atoms with E-state index in [0.717, 1.165) is 35.4 Å². The number of nitrogens with zero attached hydrogens (tertiary/aromatic N) is 8. The molecular formula is C16H20N8O. The smallest absolute Gasteiger partial charge is 0.159 e. The molecule has 0 fully saturated rings. The highest BCUT2D eigenvalue weighted by molar-refractivity contribution is 5.44. The van der Waals surface area contributed by atoms with Gasteiger partial charge in [-0.2, -0.15) is 5.10 Å². The van der Waals surface area contributed by atoms with E-state index in [9.17, 15) is 0 Å². The number of hydrogen-bond acceptors (Lipinski definition) is 7. The molecule has 1 aliphatic heterocycles. The quantitative estimate of drug-likeness (QED) is 0.707. The fourth-order valence-corrected chi connectivity index (χ4v) is 3.19. The highest BCUT2D eigenvalue weighted by Gasteiger charge is 2.27. The standard InChI is InChI=1S/C16H20N8O/c1-11-5-19-23(6-11)14-4-13(17-10-18-14)22-7-12(2)24-15(8-22)20-21-16(24)9-25-3/h4-6,10,12H,7-9H2,1-3H3/t12-/m0/s1.